The van der Waals surface area contributed by atoms with E-state index < -0.39 is 0 Å². The maximum Gasteiger partial charge on any atom is 0.171 e. The first-order chi connectivity index (χ1) is 5.36. The van der Waals surface area contributed by atoms with Crippen molar-refractivity contribution in [2.45, 2.75) is 6.42 Å². The molecule has 0 N–H and O–H groups in total. The lowest BCUT2D eigenvalue weighted by Gasteiger charge is -1.90. The fourth-order valence-corrected chi connectivity index (χ4v) is 0.705. The van der Waals surface area contributed by atoms with Crippen LogP contribution in [0.4, 0.5) is 0 Å². The van der Waals surface area contributed by atoms with Gasteiger partial charge in [0.1, 0.15) is 11.5 Å². The molecule has 1 aromatic rings. The van der Waals surface area contributed by atoms with Gasteiger partial charge in [-0.1, -0.05) is 5.16 Å². The predicted molar refractivity (Wildman–Crippen MR) is 37.5 cm³/mol. The van der Waals surface area contributed by atoms with Crippen molar-refractivity contribution in [2.24, 2.45) is 0 Å². The van der Waals surface area contributed by atoms with Crippen LogP contribution in [0, 0.1) is 0 Å². The number of nitrogens with zero attached hydrogens (tertiary/aromatic N) is 1. The van der Waals surface area contributed by atoms with Gasteiger partial charge in [-0.25, -0.2) is 0 Å². The normalized spacial score (nSPS) is 9.91. The van der Waals surface area contributed by atoms with Crippen molar-refractivity contribution in [3.05, 3.63) is 17.5 Å². The van der Waals surface area contributed by atoms with Crippen LogP contribution in [0.15, 0.2) is 10.6 Å². The van der Waals surface area contributed by atoms with Crippen molar-refractivity contribution in [3.8, 4) is 0 Å². The molecule has 0 saturated heterocycles. The molecule has 0 radical (unpaired) electrons. The van der Waals surface area contributed by atoms with Crippen molar-refractivity contribution in [1.29, 1.82) is 0 Å². The van der Waals surface area contributed by atoms with Gasteiger partial charge in [0.15, 0.2) is 6.29 Å². The van der Waals surface area contributed by atoms with Crippen molar-refractivity contribution in [3.63, 3.8) is 0 Å². The summed E-state index contributed by atoms with van der Waals surface area (Å²) in [6, 6.07) is 1.60. The fourth-order valence-electron chi connectivity index (χ4n) is 0.705. The number of rotatable bonds is 4. The van der Waals surface area contributed by atoms with E-state index in [4.69, 9.17) is 9.26 Å². The summed E-state index contributed by atoms with van der Waals surface area (Å²) >= 11 is 0. The van der Waals surface area contributed by atoms with Crippen LogP contribution in [-0.2, 0) is 11.2 Å². The van der Waals surface area contributed by atoms with Crippen LogP contribution in [0.2, 0.25) is 0 Å². The Kier molecular flexibility index (Phi) is 2.80. The quantitative estimate of drug-likeness (QED) is 0.600. The minimum atomic E-state index is 0.330. The number of carbonyl (C=O) groups is 1. The Morgan fingerprint density at radius 2 is 2.64 bits per heavy atom. The molecule has 11 heavy (non-hydrogen) atoms. The van der Waals surface area contributed by atoms with Gasteiger partial charge in [0.25, 0.3) is 0 Å². The first-order valence-corrected chi connectivity index (χ1v) is 3.26. The van der Waals surface area contributed by atoms with Crippen LogP contribution in [0.3, 0.4) is 0 Å². The van der Waals surface area contributed by atoms with Gasteiger partial charge >= 0.3 is 0 Å². The number of methoxy groups -OCH3 is 1. The molecule has 0 bridgehead atoms. The van der Waals surface area contributed by atoms with Crippen LogP contribution < -0.4 is 0 Å². The number of aldehydes is 1. The van der Waals surface area contributed by atoms with Crippen molar-refractivity contribution < 1.29 is 14.1 Å². The molecule has 0 saturated carbocycles. The summed E-state index contributed by atoms with van der Waals surface area (Å²) < 4.78 is 9.61. The lowest BCUT2D eigenvalue weighted by Crippen LogP contribution is -1.91. The van der Waals surface area contributed by atoms with Gasteiger partial charge in [0, 0.05) is 19.6 Å². The third-order valence-corrected chi connectivity index (χ3v) is 1.25. The molecule has 4 heteroatoms. The van der Waals surface area contributed by atoms with Gasteiger partial charge in [-0.3, -0.25) is 4.79 Å². The fraction of sp³-hybridized carbons (Fsp3) is 0.429. The second-order valence-electron chi connectivity index (χ2n) is 2.08. The average molecular weight is 155 g/mol. The molecule has 0 unspecified atom stereocenters. The van der Waals surface area contributed by atoms with Gasteiger partial charge in [0.05, 0.1) is 6.61 Å². The molecule has 0 aliphatic rings. The molecular formula is C7H9NO3. The standard InChI is InChI=1S/C7H9NO3/c1-10-3-2-7-4-6(5-9)8-11-7/h4-5H,2-3H2,1H3. The third-order valence-electron chi connectivity index (χ3n) is 1.25. The number of hydrogen-bond acceptors (Lipinski definition) is 4. The van der Waals surface area contributed by atoms with E-state index in [1.54, 1.807) is 13.2 Å². The first kappa shape index (κ1) is 7.94. The van der Waals surface area contributed by atoms with E-state index >= 15 is 0 Å². The second-order valence-corrected chi connectivity index (χ2v) is 2.08. The zero-order valence-electron chi connectivity index (χ0n) is 6.24. The number of aromatic nitrogens is 1. The van der Waals surface area contributed by atoms with E-state index in [1.807, 2.05) is 0 Å². The highest BCUT2D eigenvalue weighted by molar-refractivity contribution is 5.71. The van der Waals surface area contributed by atoms with Crippen molar-refractivity contribution in [2.75, 3.05) is 13.7 Å². The zero-order valence-corrected chi connectivity index (χ0v) is 6.24. The Bertz CT molecular complexity index is 231. The SMILES string of the molecule is COCCc1cc(C=O)no1. The molecule has 0 fully saturated rings. The summed E-state index contributed by atoms with van der Waals surface area (Å²) in [5.41, 5.74) is 0.330. The van der Waals surface area contributed by atoms with Crippen LogP contribution in [-0.4, -0.2) is 25.2 Å². The molecule has 0 aromatic carbocycles. The summed E-state index contributed by atoms with van der Waals surface area (Å²) in [6.45, 7) is 0.577. The molecule has 1 rings (SSSR count). The molecule has 0 aliphatic carbocycles. The number of hydrogen-bond donors (Lipinski definition) is 0. The van der Waals surface area contributed by atoms with Gasteiger partial charge in [-0.2, -0.15) is 0 Å². The maximum atomic E-state index is 10.1. The van der Waals surface area contributed by atoms with Gasteiger partial charge in [-0.05, 0) is 0 Å². The topological polar surface area (TPSA) is 52.3 Å². The van der Waals surface area contributed by atoms with E-state index in [2.05, 4.69) is 5.16 Å². The molecule has 0 aliphatic heterocycles. The Hall–Kier alpha value is -1.16. The van der Waals surface area contributed by atoms with Gasteiger partial charge < -0.3 is 9.26 Å². The smallest absolute Gasteiger partial charge is 0.171 e. The molecular weight excluding hydrogens is 146 g/mol. The molecule has 1 aromatic heterocycles. The Morgan fingerprint density at radius 3 is 3.18 bits per heavy atom. The maximum absolute atomic E-state index is 10.1. The Morgan fingerprint density at radius 1 is 1.82 bits per heavy atom. The lowest BCUT2D eigenvalue weighted by molar-refractivity contribution is 0.111. The van der Waals surface area contributed by atoms with Crippen molar-refractivity contribution in [1.82, 2.24) is 5.16 Å². The highest BCUT2D eigenvalue weighted by Crippen LogP contribution is 2.01. The molecule has 1 heterocycles. The minimum Gasteiger partial charge on any atom is -0.384 e. The van der Waals surface area contributed by atoms with Crippen LogP contribution in [0.5, 0.6) is 0 Å². The minimum absolute atomic E-state index is 0.330. The zero-order chi connectivity index (χ0) is 8.10. The second kappa shape index (κ2) is 3.88. The predicted octanol–water partition coefficient (Wildman–Crippen LogP) is 0.676. The first-order valence-electron chi connectivity index (χ1n) is 3.26. The molecule has 0 amide bonds. The van der Waals surface area contributed by atoms with E-state index in [-0.39, 0.29) is 0 Å². The van der Waals surface area contributed by atoms with Gasteiger partial charge in [-0.15, -0.1) is 0 Å². The Balaban J connectivity index is 2.51. The number of ether oxygens (including phenoxy) is 1. The monoisotopic (exact) mass is 155 g/mol. The lowest BCUT2D eigenvalue weighted by atomic mass is 10.3. The van der Waals surface area contributed by atoms with E-state index in [1.165, 1.54) is 0 Å². The molecule has 0 atom stereocenters. The largest absolute Gasteiger partial charge is 0.384 e. The Labute approximate surface area is 64.1 Å². The van der Waals surface area contributed by atoms with Crippen molar-refractivity contribution >= 4 is 6.29 Å². The van der Waals surface area contributed by atoms with E-state index in [9.17, 15) is 4.79 Å². The van der Waals surface area contributed by atoms with Crippen LogP contribution in [0.1, 0.15) is 16.2 Å². The highest BCUT2D eigenvalue weighted by Gasteiger charge is 2.01. The van der Waals surface area contributed by atoms with E-state index in [0.29, 0.717) is 30.8 Å². The van der Waals surface area contributed by atoms with Gasteiger partial charge in [0.2, 0.25) is 0 Å². The summed E-state index contributed by atoms with van der Waals surface area (Å²) in [5, 5.41) is 3.49. The molecule has 60 valence electrons. The number of carbonyl (C=O) groups excluding carboxylic acids is 1. The van der Waals surface area contributed by atoms with Crippen LogP contribution >= 0.6 is 0 Å². The van der Waals surface area contributed by atoms with Crippen LogP contribution in [0.25, 0.3) is 0 Å². The molecule has 4 nitrogen and oxygen atoms in total. The summed E-state index contributed by atoms with van der Waals surface area (Å²) in [6.07, 6.45) is 1.30. The average Bonchev–Trinajstić information content (AvgIpc) is 2.48. The summed E-state index contributed by atoms with van der Waals surface area (Å²) in [7, 11) is 1.61. The molecule has 0 spiro atoms. The summed E-state index contributed by atoms with van der Waals surface area (Å²) in [4.78, 5) is 10.1. The summed E-state index contributed by atoms with van der Waals surface area (Å²) in [5.74, 6) is 0.675. The third kappa shape index (κ3) is 2.16. The highest BCUT2D eigenvalue weighted by atomic mass is 16.5. The van der Waals surface area contributed by atoms with E-state index in [0.717, 1.165) is 0 Å².